The van der Waals surface area contributed by atoms with Crippen LogP contribution in [0.25, 0.3) is 10.6 Å². The van der Waals surface area contributed by atoms with Gasteiger partial charge in [-0.05, 0) is 82.3 Å². The molecule has 0 radical (unpaired) electrons. The second kappa shape index (κ2) is 40.6. The topological polar surface area (TPSA) is 184 Å². The highest BCUT2D eigenvalue weighted by molar-refractivity contribution is 5.49. The van der Waals surface area contributed by atoms with E-state index in [4.69, 9.17) is 85.2 Å². The predicted octanol–water partition coefficient (Wildman–Crippen LogP) is 10.8. The molecule has 8 aromatic carbocycles. The highest BCUT2D eigenvalue weighted by atomic mass is 16.6. The van der Waals surface area contributed by atoms with Crippen LogP contribution in [-0.4, -0.2) is 159 Å². The third-order valence-corrected chi connectivity index (χ3v) is 16.9. The fourth-order valence-corrected chi connectivity index (χ4v) is 12.2. The minimum Gasteiger partial charge on any atom is -0.655 e. The maximum absolute atomic E-state index is 6.70. The summed E-state index contributed by atoms with van der Waals surface area (Å²) in [6.45, 7) is 11.1. The van der Waals surface area contributed by atoms with Crippen molar-refractivity contribution in [3.05, 3.63) is 289 Å². The quantitative estimate of drug-likeness (QED) is 0.0834. The largest absolute Gasteiger partial charge is 0.655 e. The molecular weight excluding hydrogens is 1240 g/mol. The van der Waals surface area contributed by atoms with Gasteiger partial charge in [-0.15, -0.1) is 26.2 Å². The number of fused-ring (bicyclic) bond motifs is 4. The van der Waals surface area contributed by atoms with Gasteiger partial charge in [0.1, 0.15) is 52.9 Å². The summed E-state index contributed by atoms with van der Waals surface area (Å²) in [6.07, 6.45) is 0. The van der Waals surface area contributed by atoms with Crippen molar-refractivity contribution >= 4 is 0 Å². The Hall–Kier alpha value is -8.24. The van der Waals surface area contributed by atoms with Crippen LogP contribution in [0.2, 0.25) is 0 Å². The van der Waals surface area contributed by atoms with Gasteiger partial charge in [-0.2, -0.15) is 0 Å². The molecule has 0 spiro atoms. The Labute approximate surface area is 574 Å². The van der Waals surface area contributed by atoms with Crippen LogP contribution in [0, 0.1) is 0 Å². The molecule has 0 saturated heterocycles. The minimum absolute atomic E-state index is 0.0329. The molecule has 3 aliphatic rings. The molecule has 1 fully saturated rings. The van der Waals surface area contributed by atoms with Gasteiger partial charge in [0.05, 0.1) is 104 Å². The van der Waals surface area contributed by atoms with Crippen molar-refractivity contribution in [2.45, 2.75) is 49.9 Å². The van der Waals surface area contributed by atoms with E-state index >= 15 is 0 Å². The number of hydrogen-bond donors (Lipinski definition) is 0. The van der Waals surface area contributed by atoms with Gasteiger partial charge in [-0.1, -0.05) is 156 Å². The highest BCUT2D eigenvalue weighted by Crippen LogP contribution is 2.66. The van der Waals surface area contributed by atoms with Crippen molar-refractivity contribution in [2.75, 3.05) is 159 Å². The zero-order chi connectivity index (χ0) is 66.7. The molecule has 1 saturated carbocycles. The summed E-state index contributed by atoms with van der Waals surface area (Å²) in [4.78, 5) is 0. The van der Waals surface area contributed by atoms with Crippen molar-refractivity contribution in [3.63, 3.8) is 0 Å². The summed E-state index contributed by atoms with van der Waals surface area (Å²) < 4.78 is 98.1. The van der Waals surface area contributed by atoms with E-state index in [1.165, 1.54) is 22.3 Å². The van der Waals surface area contributed by atoms with Crippen molar-refractivity contribution in [1.82, 2.24) is 0 Å². The number of para-hydroxylation sites is 4. The second-order valence-electron chi connectivity index (χ2n) is 23.6. The Bertz CT molecular complexity index is 3610. The zero-order valence-corrected chi connectivity index (χ0v) is 56.0. The monoisotopic (exact) mass is 1340 g/mol. The third-order valence-electron chi connectivity index (χ3n) is 16.9. The van der Waals surface area contributed by atoms with E-state index < -0.39 is 0 Å². The Balaban J connectivity index is 0.901. The summed E-state index contributed by atoms with van der Waals surface area (Å²) in [5, 5.41) is 9.94. The van der Waals surface area contributed by atoms with Crippen molar-refractivity contribution in [1.29, 1.82) is 0 Å². The molecule has 0 unspecified atom stereocenters. The first-order valence-corrected chi connectivity index (χ1v) is 34.3. The molecule has 0 atom stereocenters. The lowest BCUT2D eigenvalue weighted by Gasteiger charge is -2.53. The number of hydrogen-bond acceptors (Lipinski definition) is 12. The summed E-state index contributed by atoms with van der Waals surface area (Å²) in [7, 11) is 0. The molecule has 2 aliphatic heterocycles. The molecule has 2 heterocycles. The molecule has 18 nitrogen and oxygen atoms in total. The number of rotatable bonds is 12. The maximum atomic E-state index is 6.70. The molecule has 8 aromatic rings. The predicted molar refractivity (Wildman–Crippen MR) is 379 cm³/mol. The summed E-state index contributed by atoms with van der Waals surface area (Å²) in [5.41, 5.74) is 11.7. The van der Waals surface area contributed by atoms with Crippen LogP contribution in [0.15, 0.2) is 212 Å². The average molecular weight is 1340 g/mol. The Morgan fingerprint density at radius 1 is 0.235 bits per heavy atom. The van der Waals surface area contributed by atoms with Gasteiger partial charge in [-0.25, -0.2) is 17.7 Å². The molecule has 98 heavy (non-hydrogen) atoms. The molecule has 11 rings (SSSR count). The Morgan fingerprint density at radius 2 is 0.480 bits per heavy atom. The van der Waals surface area contributed by atoms with Crippen LogP contribution >= 0.6 is 0 Å². The number of benzene rings is 8. The van der Waals surface area contributed by atoms with Gasteiger partial charge < -0.3 is 67.5 Å². The fourth-order valence-electron chi connectivity index (χ4n) is 12.2. The van der Waals surface area contributed by atoms with Gasteiger partial charge in [0, 0.05) is 0 Å². The van der Waals surface area contributed by atoms with E-state index in [0.29, 0.717) is 216 Å². The van der Waals surface area contributed by atoms with Crippen molar-refractivity contribution < 1.29 is 56.8 Å². The molecule has 18 heteroatoms. The van der Waals surface area contributed by atoms with Gasteiger partial charge in [0.15, 0.2) is 23.0 Å². The van der Waals surface area contributed by atoms with E-state index in [2.05, 4.69) is 121 Å². The molecule has 0 bridgehead atoms. The lowest BCUT2D eigenvalue weighted by Crippen LogP contribution is -2.42. The average Bonchev–Trinajstić information content (AvgIpc) is 0.713. The Kier molecular flexibility index (Phi) is 29.4. The number of ether oxygens (including phenoxy) is 12. The van der Waals surface area contributed by atoms with E-state index in [1.807, 2.05) is 72.8 Å². The van der Waals surface area contributed by atoms with Crippen molar-refractivity contribution in [2.24, 2.45) is 0 Å². The SMILES string of the molecule is c1ccc(C[N-]Cc2ccc(C3C(c4ccc5c(c4)=[O+]CCOCCOCCOc4ccccc4OCCOCCOCC[O+]=5)C(c4ccc(C[N-]Cc5ccccc5)cc4)C3c3ccc4c(c3)=[O+]CCOCCOCCOc3ccccc3OCCOCCOCC[O+]=4)cc2)cc1. The number of nitrogens with zero attached hydrogens (tertiary/aromatic N) is 2. The van der Waals surface area contributed by atoms with Gasteiger partial charge >= 0.3 is 21.7 Å². The summed E-state index contributed by atoms with van der Waals surface area (Å²) in [6, 6.07) is 66.8. The molecule has 0 amide bonds. The molecule has 0 aromatic heterocycles. The standard InChI is InChI=1S/C80H92N2O16/c1-3-11-61(12-4-1)57-81-59-63-19-23-65(24-20-63)77-79(67-27-29-73-75(55-67)97-53-45-89-37-35-85-41-49-93-71-17-9-7-15-69(71)91-47-39-83-31-33-87-43-51-95-73)78(66-25-21-64(22-26-66)60-82-58-62-13-5-2-6-14-62)80(77)68-28-30-74-76(56-68)98-54-46-90-38-36-86-42-50-94-72-18-10-8-16-70(72)92-48-40-84-32-34-88-44-52-96-74/h1-30,55-56,77-80H,31-54,57-60H2/q+2. The van der Waals surface area contributed by atoms with Crippen LogP contribution in [0.3, 0.4) is 0 Å². The minimum atomic E-state index is -0.0478. The van der Waals surface area contributed by atoms with Gasteiger partial charge in [0.25, 0.3) is 26.4 Å². The summed E-state index contributed by atoms with van der Waals surface area (Å²) >= 11 is 0. The lowest BCUT2D eigenvalue weighted by molar-refractivity contribution is 0.0362. The first kappa shape index (κ1) is 71.1. The normalized spacial score (nSPS) is 19.8. The highest BCUT2D eigenvalue weighted by Gasteiger charge is 2.53. The van der Waals surface area contributed by atoms with Crippen LogP contribution in [0.5, 0.6) is 23.0 Å². The third kappa shape index (κ3) is 22.4. The van der Waals surface area contributed by atoms with E-state index in [9.17, 15) is 0 Å². The van der Waals surface area contributed by atoms with Gasteiger partial charge in [0.2, 0.25) is 0 Å². The first-order valence-electron chi connectivity index (χ1n) is 34.3. The Morgan fingerprint density at radius 3 is 0.796 bits per heavy atom. The van der Waals surface area contributed by atoms with Crippen LogP contribution in [0.1, 0.15) is 68.2 Å². The molecule has 0 N–H and O–H groups in total. The van der Waals surface area contributed by atoms with Crippen LogP contribution in [-0.2, 0) is 64.1 Å². The molecular formula is C80H92N2O16+2. The summed E-state index contributed by atoms with van der Waals surface area (Å²) in [5.74, 6) is 2.44. The maximum Gasteiger partial charge on any atom is 0.445 e. The van der Waals surface area contributed by atoms with Crippen molar-refractivity contribution in [3.8, 4) is 23.0 Å². The first-order chi connectivity index (χ1) is 48.7. The molecule has 1 aliphatic carbocycles. The smallest absolute Gasteiger partial charge is 0.445 e. The van der Waals surface area contributed by atoms with Gasteiger partial charge in [-0.3, -0.25) is 0 Å². The van der Waals surface area contributed by atoms with Crippen LogP contribution < -0.4 is 40.7 Å². The second-order valence-corrected chi connectivity index (χ2v) is 23.6. The van der Waals surface area contributed by atoms with E-state index in [0.717, 1.165) is 22.3 Å². The molecule has 516 valence electrons. The lowest BCUT2D eigenvalue weighted by atomic mass is 9.49. The van der Waals surface area contributed by atoms with Crippen LogP contribution in [0.4, 0.5) is 0 Å². The van der Waals surface area contributed by atoms with E-state index in [1.54, 1.807) is 0 Å². The van der Waals surface area contributed by atoms with E-state index in [-0.39, 0.29) is 36.9 Å². The zero-order valence-electron chi connectivity index (χ0n) is 56.0. The fraction of sp³-hybridized carbons (Fsp3) is 0.400.